The van der Waals surface area contributed by atoms with Gasteiger partial charge in [0.15, 0.2) is 5.78 Å². The average molecular weight is 692 g/mol. The Morgan fingerprint density at radius 1 is 0.820 bits per heavy atom. The number of benzene rings is 3. The van der Waals surface area contributed by atoms with Crippen LogP contribution < -0.4 is 0 Å². The third kappa shape index (κ3) is 4.76. The number of aliphatic hydroxyl groups is 2. The van der Waals surface area contributed by atoms with E-state index >= 15 is 4.79 Å². The van der Waals surface area contributed by atoms with Gasteiger partial charge in [0.25, 0.3) is 0 Å². The molecule has 0 heterocycles. The van der Waals surface area contributed by atoms with E-state index in [4.69, 9.17) is 0 Å². The predicted molar refractivity (Wildman–Crippen MR) is 196 cm³/mol. The minimum Gasteiger partial charge on any atom is -0.393 e. The number of sulfonamides is 1. The maximum absolute atomic E-state index is 15.3. The summed E-state index contributed by atoms with van der Waals surface area (Å²) in [4.78, 5) is 15.3. The number of Topliss-reactive ketones (excluding diaryl/α,β-unsaturated/α-hetero) is 1. The van der Waals surface area contributed by atoms with Crippen molar-refractivity contribution in [2.24, 2.45) is 33.5 Å². The van der Waals surface area contributed by atoms with Crippen LogP contribution in [0.1, 0.15) is 74.7 Å². The average Bonchev–Trinajstić information content (AvgIpc) is 3.38. The lowest BCUT2D eigenvalue weighted by atomic mass is 9.32. The molecule has 3 aromatic rings. The van der Waals surface area contributed by atoms with E-state index < -0.39 is 38.0 Å². The number of hydrogen-bond donors (Lipinski definition) is 2. The fourth-order valence-corrected chi connectivity index (χ4v) is 12.5. The number of allylic oxidation sites excluding steroid dienone is 4. The van der Waals surface area contributed by atoms with Crippen LogP contribution in [-0.2, 0) is 16.6 Å². The van der Waals surface area contributed by atoms with Gasteiger partial charge in [-0.2, -0.15) is 4.31 Å². The Bertz CT molecular complexity index is 1990. The number of fused-ring (bicyclic) bond motifs is 1. The maximum atomic E-state index is 15.3. The van der Waals surface area contributed by atoms with E-state index in [0.717, 1.165) is 47.9 Å². The van der Waals surface area contributed by atoms with Gasteiger partial charge in [-0.3, -0.25) is 4.79 Å². The van der Waals surface area contributed by atoms with Gasteiger partial charge < -0.3 is 10.2 Å². The molecule has 2 bridgehead atoms. The van der Waals surface area contributed by atoms with Gasteiger partial charge in [-0.25, -0.2) is 8.42 Å². The molecule has 6 nitrogen and oxygen atoms in total. The first kappa shape index (κ1) is 33.8. The molecule has 6 aliphatic carbocycles. The smallest absolute Gasteiger partial charge is 0.211 e. The lowest BCUT2D eigenvalue weighted by Crippen LogP contribution is -2.67. The van der Waals surface area contributed by atoms with Gasteiger partial charge in [-0.1, -0.05) is 117 Å². The van der Waals surface area contributed by atoms with Gasteiger partial charge in [-0.05, 0) is 78.9 Å². The summed E-state index contributed by atoms with van der Waals surface area (Å²) in [6, 6.07) is 27.5. The molecule has 7 heteroatoms. The summed E-state index contributed by atoms with van der Waals surface area (Å²) in [5.41, 5.74) is 1.07. The van der Waals surface area contributed by atoms with E-state index in [9.17, 15) is 18.6 Å². The first-order valence-corrected chi connectivity index (χ1v) is 20.1. The Hall–Kier alpha value is -3.36. The molecule has 50 heavy (non-hydrogen) atoms. The van der Waals surface area contributed by atoms with Gasteiger partial charge >= 0.3 is 0 Å². The SMILES string of the molecule is C[C@]12CC[C@H]3[C@]4(C=C[C@@]5(C=C4C(=O)c4ccccc4-c4ccccc4)CC(O)CC[C@]35C)[C@@H]1CC[C@@]2(O)CN(Cc1ccccc1)S(C)(=O)=O. The molecule has 3 saturated carbocycles. The van der Waals surface area contributed by atoms with Crippen LogP contribution in [0, 0.1) is 33.5 Å². The lowest BCUT2D eigenvalue weighted by Gasteiger charge is -2.71. The van der Waals surface area contributed by atoms with Crippen molar-refractivity contribution in [1.29, 1.82) is 0 Å². The van der Waals surface area contributed by atoms with E-state index in [1.807, 2.05) is 84.9 Å². The van der Waals surface area contributed by atoms with Crippen molar-refractivity contribution in [3.63, 3.8) is 0 Å². The number of carbonyl (C=O) groups is 1. The molecule has 0 amide bonds. The zero-order valence-electron chi connectivity index (χ0n) is 29.4. The normalized spacial score (nSPS) is 37.2. The molecule has 1 unspecified atom stereocenters. The Morgan fingerprint density at radius 2 is 1.44 bits per heavy atom. The van der Waals surface area contributed by atoms with Crippen LogP contribution in [0.4, 0.5) is 0 Å². The Balaban J connectivity index is 1.25. The quantitative estimate of drug-likeness (QED) is 0.188. The lowest BCUT2D eigenvalue weighted by molar-refractivity contribution is -0.173. The van der Waals surface area contributed by atoms with Gasteiger partial charge in [0, 0.05) is 40.5 Å². The molecule has 0 aliphatic heterocycles. The van der Waals surface area contributed by atoms with Crippen molar-refractivity contribution in [1.82, 2.24) is 4.31 Å². The highest BCUT2D eigenvalue weighted by atomic mass is 32.2. The minimum absolute atomic E-state index is 0.00935. The van der Waals surface area contributed by atoms with Crippen molar-refractivity contribution >= 4 is 15.8 Å². The van der Waals surface area contributed by atoms with Crippen LogP contribution in [0.15, 0.2) is 109 Å². The van der Waals surface area contributed by atoms with Crippen LogP contribution in [0.3, 0.4) is 0 Å². The van der Waals surface area contributed by atoms with Crippen molar-refractivity contribution in [3.8, 4) is 11.1 Å². The third-order valence-electron chi connectivity index (χ3n) is 14.3. The molecule has 8 atom stereocenters. The Labute approximate surface area is 297 Å². The highest BCUT2D eigenvalue weighted by Crippen LogP contribution is 2.78. The van der Waals surface area contributed by atoms with Crippen LogP contribution in [0.5, 0.6) is 0 Å². The Morgan fingerprint density at radius 3 is 2.16 bits per heavy atom. The number of aliphatic hydroxyl groups excluding tert-OH is 1. The van der Waals surface area contributed by atoms with Gasteiger partial charge in [0.05, 0.1) is 18.0 Å². The number of rotatable bonds is 8. The van der Waals surface area contributed by atoms with E-state index in [1.165, 1.54) is 10.6 Å². The van der Waals surface area contributed by atoms with Crippen LogP contribution in [0.2, 0.25) is 0 Å². The van der Waals surface area contributed by atoms with E-state index in [1.54, 1.807) is 0 Å². The molecular weight excluding hydrogens is 643 g/mol. The molecule has 2 N–H and O–H groups in total. The highest BCUT2D eigenvalue weighted by molar-refractivity contribution is 7.88. The van der Waals surface area contributed by atoms with E-state index in [-0.39, 0.29) is 36.1 Å². The second-order valence-electron chi connectivity index (χ2n) is 16.6. The molecule has 0 aromatic heterocycles. The maximum Gasteiger partial charge on any atom is 0.211 e. The molecule has 2 spiro atoms. The second kappa shape index (κ2) is 11.6. The van der Waals surface area contributed by atoms with Gasteiger partial charge in [0.1, 0.15) is 0 Å². The monoisotopic (exact) mass is 691 g/mol. The summed E-state index contributed by atoms with van der Waals surface area (Å²) in [5.74, 6) is 0.0899. The fourth-order valence-electron chi connectivity index (χ4n) is 11.7. The van der Waals surface area contributed by atoms with Gasteiger partial charge in [0.2, 0.25) is 10.0 Å². The van der Waals surface area contributed by atoms with Crippen molar-refractivity contribution in [3.05, 3.63) is 120 Å². The van der Waals surface area contributed by atoms with Crippen molar-refractivity contribution in [2.45, 2.75) is 77.0 Å². The molecule has 3 fully saturated rings. The summed E-state index contributed by atoms with van der Waals surface area (Å²) < 4.78 is 28.0. The minimum atomic E-state index is -3.64. The zero-order valence-corrected chi connectivity index (χ0v) is 30.2. The topological polar surface area (TPSA) is 94.9 Å². The van der Waals surface area contributed by atoms with Crippen LogP contribution >= 0.6 is 0 Å². The molecule has 6 aliphatic rings. The summed E-state index contributed by atoms with van der Waals surface area (Å²) >= 11 is 0. The summed E-state index contributed by atoms with van der Waals surface area (Å²) in [7, 11) is -3.64. The van der Waals surface area contributed by atoms with Crippen LogP contribution in [0.25, 0.3) is 11.1 Å². The molecule has 262 valence electrons. The first-order valence-electron chi connectivity index (χ1n) is 18.3. The third-order valence-corrected chi connectivity index (χ3v) is 15.5. The largest absolute Gasteiger partial charge is 0.393 e. The van der Waals surface area contributed by atoms with E-state index in [0.29, 0.717) is 24.8 Å². The molecule has 9 rings (SSSR count). The standard InChI is InChI=1S/C43H49NO5S/c1-39-21-18-32(45)26-41(39)24-25-43(35(27-41)38(46)34-17-11-10-16-33(34)31-14-8-5-9-15-31)36(39)19-22-40(2)37(43)20-23-42(40,47)29-44(50(3,48)49)28-30-12-6-4-7-13-30/h4-17,24-25,27,32,36-37,45,47H,18-23,26,28-29H2,1-3H3/t32?,36-,37-,39-,40+,41+,42-,43-/m1/s1. The molecular formula is C43H49NO5S. The number of hydrogen-bond acceptors (Lipinski definition) is 5. The summed E-state index contributed by atoms with van der Waals surface area (Å²) in [6.07, 6.45) is 12.6. The number of ketones is 1. The van der Waals surface area contributed by atoms with Gasteiger partial charge in [-0.15, -0.1) is 0 Å². The molecule has 3 aromatic carbocycles. The Kier molecular flexibility index (Phi) is 7.82. The predicted octanol–water partition coefficient (Wildman–Crippen LogP) is 7.59. The summed E-state index contributed by atoms with van der Waals surface area (Å²) in [5, 5.41) is 24.0. The highest BCUT2D eigenvalue weighted by Gasteiger charge is 2.74. The molecule has 0 saturated heterocycles. The zero-order chi connectivity index (χ0) is 35.2. The number of carbonyl (C=O) groups excluding carboxylic acids is 1. The van der Waals surface area contributed by atoms with Crippen molar-refractivity contribution < 1.29 is 23.4 Å². The fraction of sp³-hybridized carbons (Fsp3) is 0.465. The summed E-state index contributed by atoms with van der Waals surface area (Å²) in [6.45, 7) is 4.75. The van der Waals surface area contributed by atoms with Crippen LogP contribution in [-0.4, -0.2) is 53.2 Å². The first-order chi connectivity index (χ1) is 23.8. The van der Waals surface area contributed by atoms with E-state index in [2.05, 4.69) is 32.1 Å². The second-order valence-corrected chi connectivity index (χ2v) is 18.6. The number of nitrogens with zero attached hydrogens (tertiary/aromatic N) is 1. The van der Waals surface area contributed by atoms with Crippen molar-refractivity contribution in [2.75, 3.05) is 12.8 Å². The molecule has 0 radical (unpaired) electrons.